The van der Waals surface area contributed by atoms with Gasteiger partial charge >= 0.3 is 5.97 Å². The van der Waals surface area contributed by atoms with E-state index >= 15 is 0 Å². The molecule has 0 aromatic carbocycles. The van der Waals surface area contributed by atoms with Gasteiger partial charge in [-0.1, -0.05) is 13.8 Å². The van der Waals surface area contributed by atoms with Crippen LogP contribution in [0.2, 0.25) is 0 Å². The normalized spacial score (nSPS) is 15.8. The van der Waals surface area contributed by atoms with Gasteiger partial charge in [0.15, 0.2) is 0 Å². The number of aliphatic hydroxyl groups excluding tert-OH is 2. The van der Waals surface area contributed by atoms with E-state index < -0.39 is 66.5 Å². The van der Waals surface area contributed by atoms with Gasteiger partial charge in [-0.05, 0) is 25.7 Å². The smallest absolute Gasteiger partial charge is 0.328 e. The van der Waals surface area contributed by atoms with Crippen molar-refractivity contribution in [3.8, 4) is 0 Å². The molecular formula is C18H33N5O8. The van der Waals surface area contributed by atoms with Crippen LogP contribution >= 0.6 is 0 Å². The lowest BCUT2D eigenvalue weighted by atomic mass is 10.0. The second-order valence-electron chi connectivity index (χ2n) is 7.61. The van der Waals surface area contributed by atoms with Gasteiger partial charge in [0.1, 0.15) is 18.1 Å². The summed E-state index contributed by atoms with van der Waals surface area (Å²) in [6.45, 7) is 3.97. The highest BCUT2D eigenvalue weighted by Crippen LogP contribution is 2.06. The van der Waals surface area contributed by atoms with Crippen LogP contribution in [0.5, 0.6) is 0 Å². The Kier molecular flexibility index (Phi) is 12.3. The Labute approximate surface area is 179 Å². The lowest BCUT2D eigenvalue weighted by molar-refractivity contribution is -0.144. The molecule has 0 fully saturated rings. The van der Waals surface area contributed by atoms with Crippen LogP contribution in [0.1, 0.15) is 40.0 Å². The number of hydrogen-bond acceptors (Lipinski definition) is 8. The van der Waals surface area contributed by atoms with Gasteiger partial charge < -0.3 is 42.7 Å². The molecule has 10 N–H and O–H groups in total. The van der Waals surface area contributed by atoms with Crippen molar-refractivity contribution in [1.29, 1.82) is 0 Å². The number of carbonyl (C=O) groups excluding carboxylic acids is 4. The van der Waals surface area contributed by atoms with E-state index in [9.17, 15) is 29.1 Å². The van der Waals surface area contributed by atoms with E-state index in [1.54, 1.807) is 0 Å². The molecule has 178 valence electrons. The summed E-state index contributed by atoms with van der Waals surface area (Å²) in [6, 6.07) is -5.45. The quantitative estimate of drug-likeness (QED) is 0.132. The van der Waals surface area contributed by atoms with Crippen molar-refractivity contribution in [2.45, 2.75) is 70.3 Å². The third-order valence-electron chi connectivity index (χ3n) is 4.23. The summed E-state index contributed by atoms with van der Waals surface area (Å²) in [5.74, 6) is -4.77. The van der Waals surface area contributed by atoms with Gasteiger partial charge in [-0.15, -0.1) is 0 Å². The molecule has 0 saturated carbocycles. The largest absolute Gasteiger partial charge is 0.480 e. The van der Waals surface area contributed by atoms with Crippen molar-refractivity contribution in [2.24, 2.45) is 17.4 Å². The number of rotatable bonds is 14. The molecule has 31 heavy (non-hydrogen) atoms. The molecular weight excluding hydrogens is 414 g/mol. The minimum Gasteiger partial charge on any atom is -0.480 e. The van der Waals surface area contributed by atoms with Gasteiger partial charge in [-0.25, -0.2) is 4.79 Å². The lowest BCUT2D eigenvalue weighted by Gasteiger charge is -2.26. The molecule has 13 nitrogen and oxygen atoms in total. The summed E-state index contributed by atoms with van der Waals surface area (Å²) in [5.41, 5.74) is 10.9. The highest BCUT2D eigenvalue weighted by molar-refractivity contribution is 5.94. The summed E-state index contributed by atoms with van der Waals surface area (Å²) in [4.78, 5) is 59.3. The third-order valence-corrected chi connectivity index (χ3v) is 4.23. The van der Waals surface area contributed by atoms with Crippen molar-refractivity contribution in [1.82, 2.24) is 16.0 Å². The molecule has 5 unspecified atom stereocenters. The first kappa shape index (κ1) is 28.2. The number of carbonyl (C=O) groups is 5. The predicted octanol–water partition coefficient (Wildman–Crippen LogP) is -3.46. The van der Waals surface area contributed by atoms with E-state index in [-0.39, 0.29) is 18.8 Å². The Hall–Kier alpha value is -2.77. The molecule has 0 aromatic rings. The zero-order chi connectivity index (χ0) is 24.3. The molecule has 0 bridgehead atoms. The van der Waals surface area contributed by atoms with Crippen LogP contribution in [0, 0.1) is 5.92 Å². The number of primary amides is 1. The monoisotopic (exact) mass is 447 g/mol. The molecule has 0 rings (SSSR count). The van der Waals surface area contributed by atoms with Crippen LogP contribution < -0.4 is 27.4 Å². The van der Waals surface area contributed by atoms with Crippen molar-refractivity contribution >= 4 is 29.6 Å². The molecule has 0 aliphatic carbocycles. The fourth-order valence-corrected chi connectivity index (χ4v) is 2.56. The maximum absolute atomic E-state index is 12.7. The van der Waals surface area contributed by atoms with E-state index in [1.807, 2.05) is 19.2 Å². The number of aliphatic carboxylic acids is 1. The van der Waals surface area contributed by atoms with Gasteiger partial charge in [0, 0.05) is 6.42 Å². The Morgan fingerprint density at radius 1 is 0.903 bits per heavy atom. The molecule has 0 aromatic heterocycles. The maximum atomic E-state index is 12.7. The first-order valence-corrected chi connectivity index (χ1v) is 9.76. The molecule has 13 heteroatoms. The average molecular weight is 447 g/mol. The number of nitrogens with two attached hydrogens (primary N) is 2. The summed E-state index contributed by atoms with van der Waals surface area (Å²) >= 11 is 0. The number of nitrogens with one attached hydrogen (secondary N) is 3. The molecule has 0 saturated heterocycles. The second-order valence-corrected chi connectivity index (χ2v) is 7.61. The molecule has 0 aliphatic heterocycles. The highest BCUT2D eigenvalue weighted by Gasteiger charge is 2.32. The zero-order valence-corrected chi connectivity index (χ0v) is 17.8. The van der Waals surface area contributed by atoms with Gasteiger partial charge in [-0.3, -0.25) is 19.2 Å². The number of carboxylic acid groups (broad SMARTS) is 1. The van der Waals surface area contributed by atoms with E-state index in [0.29, 0.717) is 6.42 Å². The molecule has 0 spiro atoms. The van der Waals surface area contributed by atoms with Gasteiger partial charge in [0.25, 0.3) is 0 Å². The van der Waals surface area contributed by atoms with Crippen molar-refractivity contribution < 1.29 is 39.3 Å². The van der Waals surface area contributed by atoms with Crippen LogP contribution in [0.3, 0.4) is 0 Å². The fourth-order valence-electron chi connectivity index (χ4n) is 2.56. The van der Waals surface area contributed by atoms with Crippen LogP contribution in [0.25, 0.3) is 0 Å². The van der Waals surface area contributed by atoms with Crippen molar-refractivity contribution in [3.05, 3.63) is 0 Å². The fraction of sp³-hybridized carbons (Fsp3) is 0.722. The van der Waals surface area contributed by atoms with Crippen LogP contribution in [-0.4, -0.2) is 81.8 Å². The predicted molar refractivity (Wildman–Crippen MR) is 108 cm³/mol. The standard InChI is InChI=1S/C18H33N5O8/c1-8(2)6-10(19)15(27)21-11(4-5-13(20)26)16(28)23-14(9(3)25)17(29)22-12(7-24)18(30)31/h8-12,14,24-25H,4-7,19H2,1-3H3,(H2,20,26)(H,21,27)(H,22,29)(H,23,28)(H,30,31). The lowest BCUT2D eigenvalue weighted by Crippen LogP contribution is -2.60. The van der Waals surface area contributed by atoms with E-state index in [0.717, 1.165) is 0 Å². The SMILES string of the molecule is CC(C)CC(N)C(=O)NC(CCC(N)=O)C(=O)NC(C(=O)NC(CO)C(=O)O)C(C)O. The van der Waals surface area contributed by atoms with Crippen LogP contribution in [0.4, 0.5) is 0 Å². The van der Waals surface area contributed by atoms with Crippen LogP contribution in [-0.2, 0) is 24.0 Å². The summed E-state index contributed by atoms with van der Waals surface area (Å²) in [6.07, 6.45) is -1.56. The van der Waals surface area contributed by atoms with Crippen molar-refractivity contribution in [3.63, 3.8) is 0 Å². The third kappa shape index (κ3) is 10.7. The van der Waals surface area contributed by atoms with Gasteiger partial charge in [-0.2, -0.15) is 0 Å². The zero-order valence-electron chi connectivity index (χ0n) is 17.8. The van der Waals surface area contributed by atoms with Gasteiger partial charge in [0.05, 0.1) is 18.8 Å². The Balaban J connectivity index is 5.40. The summed E-state index contributed by atoms with van der Waals surface area (Å²) in [7, 11) is 0. The minimum atomic E-state index is -1.65. The first-order valence-electron chi connectivity index (χ1n) is 9.76. The molecule has 0 radical (unpaired) electrons. The molecule has 0 aliphatic rings. The topological polar surface area (TPSA) is 234 Å². The Bertz CT molecular complexity index is 655. The maximum Gasteiger partial charge on any atom is 0.328 e. The summed E-state index contributed by atoms with van der Waals surface area (Å²) < 4.78 is 0. The van der Waals surface area contributed by atoms with E-state index in [4.69, 9.17) is 21.7 Å². The second kappa shape index (κ2) is 13.5. The first-order chi connectivity index (χ1) is 14.3. The summed E-state index contributed by atoms with van der Waals surface area (Å²) in [5, 5.41) is 34.4. The molecule has 0 heterocycles. The van der Waals surface area contributed by atoms with Crippen LogP contribution in [0.15, 0.2) is 0 Å². The van der Waals surface area contributed by atoms with E-state index in [1.165, 1.54) is 6.92 Å². The highest BCUT2D eigenvalue weighted by atomic mass is 16.4. The Morgan fingerprint density at radius 3 is 1.87 bits per heavy atom. The number of hydrogen-bond donors (Lipinski definition) is 8. The van der Waals surface area contributed by atoms with E-state index in [2.05, 4.69) is 10.6 Å². The molecule has 4 amide bonds. The number of aliphatic hydroxyl groups is 2. The minimum absolute atomic E-state index is 0.107. The molecule has 5 atom stereocenters. The van der Waals surface area contributed by atoms with Crippen molar-refractivity contribution in [2.75, 3.05) is 6.61 Å². The Morgan fingerprint density at radius 2 is 1.45 bits per heavy atom. The number of carboxylic acids is 1. The number of amides is 4. The average Bonchev–Trinajstić information content (AvgIpc) is 2.65. The van der Waals surface area contributed by atoms with Gasteiger partial charge in [0.2, 0.25) is 23.6 Å².